The fourth-order valence-electron chi connectivity index (χ4n) is 3.19. The maximum Gasteiger partial charge on any atom is 0.287 e. The van der Waals surface area contributed by atoms with E-state index in [1.54, 1.807) is 12.4 Å². The van der Waals surface area contributed by atoms with Crippen LogP contribution in [0.15, 0.2) is 84.0 Å². The van der Waals surface area contributed by atoms with Crippen LogP contribution in [0.1, 0.15) is 23.0 Å². The van der Waals surface area contributed by atoms with Gasteiger partial charge in [-0.15, -0.1) is 0 Å². The lowest BCUT2D eigenvalue weighted by atomic mass is 10.1. The molecule has 2 aromatic carbocycles. The van der Waals surface area contributed by atoms with Crippen molar-refractivity contribution in [2.45, 2.75) is 12.6 Å². The molecule has 2 heterocycles. The lowest BCUT2D eigenvalue weighted by molar-refractivity contribution is 0.638. The van der Waals surface area contributed by atoms with Crippen molar-refractivity contribution in [1.82, 2.24) is 19.3 Å². The van der Waals surface area contributed by atoms with E-state index in [1.807, 2.05) is 78.5 Å². The quantitative estimate of drug-likeness (QED) is 0.528. The van der Waals surface area contributed by atoms with Gasteiger partial charge < -0.3 is 9.88 Å². The molecule has 7 heteroatoms. The molecule has 0 saturated heterocycles. The molecule has 0 fully saturated rings. The van der Waals surface area contributed by atoms with Crippen LogP contribution in [0.2, 0.25) is 5.02 Å². The Balaban J connectivity index is 1.67. The highest BCUT2D eigenvalue weighted by Crippen LogP contribution is 2.27. The van der Waals surface area contributed by atoms with Crippen molar-refractivity contribution in [3.05, 3.63) is 112 Å². The number of benzene rings is 2. The van der Waals surface area contributed by atoms with Crippen molar-refractivity contribution in [2.24, 2.45) is 7.05 Å². The number of anilines is 1. The van der Waals surface area contributed by atoms with Crippen molar-refractivity contribution in [2.75, 3.05) is 5.32 Å². The van der Waals surface area contributed by atoms with Crippen LogP contribution in [0.4, 0.5) is 5.69 Å². The third kappa shape index (κ3) is 4.07. The predicted molar refractivity (Wildman–Crippen MR) is 114 cm³/mol. The van der Waals surface area contributed by atoms with E-state index in [4.69, 9.17) is 11.6 Å². The third-order valence-corrected chi connectivity index (χ3v) is 5.07. The zero-order chi connectivity index (χ0) is 20.2. The first kappa shape index (κ1) is 19.0. The highest BCUT2D eigenvalue weighted by molar-refractivity contribution is 6.32. The van der Waals surface area contributed by atoms with Gasteiger partial charge in [0.2, 0.25) is 0 Å². The molecular weight excluding hydrogens is 386 g/mol. The van der Waals surface area contributed by atoms with Crippen molar-refractivity contribution in [3.63, 3.8) is 0 Å². The number of rotatable bonds is 6. The van der Waals surface area contributed by atoms with Crippen molar-refractivity contribution >= 4 is 17.3 Å². The van der Waals surface area contributed by atoms with Crippen LogP contribution in [0.25, 0.3) is 0 Å². The van der Waals surface area contributed by atoms with Gasteiger partial charge in [-0.05, 0) is 11.1 Å². The minimum atomic E-state index is -0.341. The van der Waals surface area contributed by atoms with E-state index in [0.29, 0.717) is 12.2 Å². The maximum atomic E-state index is 12.8. The summed E-state index contributed by atoms with van der Waals surface area (Å²) in [5, 5.41) is 7.77. The van der Waals surface area contributed by atoms with Gasteiger partial charge in [0.15, 0.2) is 0 Å². The van der Waals surface area contributed by atoms with Crippen LogP contribution < -0.4 is 10.9 Å². The van der Waals surface area contributed by atoms with E-state index < -0.39 is 0 Å². The van der Waals surface area contributed by atoms with Gasteiger partial charge in [-0.3, -0.25) is 4.79 Å². The lowest BCUT2D eigenvalue weighted by Gasteiger charge is -2.21. The zero-order valence-corrected chi connectivity index (χ0v) is 16.6. The molecule has 0 aliphatic rings. The summed E-state index contributed by atoms with van der Waals surface area (Å²) >= 11 is 6.43. The normalized spacial score (nSPS) is 11.9. The summed E-state index contributed by atoms with van der Waals surface area (Å²) < 4.78 is 3.30. The molecule has 0 spiro atoms. The van der Waals surface area contributed by atoms with Gasteiger partial charge in [0.1, 0.15) is 16.9 Å². The number of nitrogens with one attached hydrogen (secondary N) is 1. The second-order valence-electron chi connectivity index (χ2n) is 6.71. The molecule has 1 N–H and O–H groups in total. The molecule has 0 aliphatic heterocycles. The molecule has 4 aromatic rings. The SMILES string of the molecule is Cn1ccnc1[C@@H](Nc1cnn(Cc2ccccc2)c(=O)c1Cl)c1ccccc1. The number of nitrogens with zero attached hydrogens (tertiary/aromatic N) is 4. The molecule has 0 amide bonds. The van der Waals surface area contributed by atoms with Crippen molar-refractivity contribution in [3.8, 4) is 0 Å². The van der Waals surface area contributed by atoms with Crippen LogP contribution in [-0.4, -0.2) is 19.3 Å². The fourth-order valence-corrected chi connectivity index (χ4v) is 3.39. The summed E-state index contributed by atoms with van der Waals surface area (Å²) in [5.74, 6) is 0.806. The van der Waals surface area contributed by atoms with Gasteiger partial charge >= 0.3 is 0 Å². The fraction of sp³-hybridized carbons (Fsp3) is 0.136. The molecular formula is C22H20ClN5O. The average molecular weight is 406 g/mol. The highest BCUT2D eigenvalue weighted by Gasteiger charge is 2.20. The Labute approximate surface area is 173 Å². The second-order valence-corrected chi connectivity index (χ2v) is 7.08. The summed E-state index contributed by atoms with van der Waals surface area (Å²) in [6.45, 7) is 0.362. The molecule has 29 heavy (non-hydrogen) atoms. The van der Waals surface area contributed by atoms with Gasteiger partial charge in [0, 0.05) is 19.4 Å². The van der Waals surface area contributed by atoms with Gasteiger partial charge in [0.05, 0.1) is 18.4 Å². The first-order chi connectivity index (χ1) is 14.1. The number of aryl methyl sites for hydroxylation is 1. The molecule has 6 nitrogen and oxygen atoms in total. The standard InChI is InChI=1S/C22H20ClN5O/c1-27-13-12-24-21(27)20(17-10-6-3-7-11-17)26-18-14-25-28(22(29)19(18)23)15-16-8-4-2-5-9-16/h2-14,20,26H,15H2,1H3/t20-/m0/s1. The largest absolute Gasteiger partial charge is 0.369 e. The molecule has 146 valence electrons. The summed E-state index contributed by atoms with van der Waals surface area (Å²) in [4.78, 5) is 17.2. The van der Waals surface area contributed by atoms with Crippen LogP contribution in [0, 0.1) is 0 Å². The first-order valence-corrected chi connectivity index (χ1v) is 9.59. The minimum Gasteiger partial charge on any atom is -0.369 e. The van der Waals surface area contributed by atoms with Crippen LogP contribution in [0.5, 0.6) is 0 Å². The van der Waals surface area contributed by atoms with E-state index in [0.717, 1.165) is 17.0 Å². The molecule has 1 atom stereocenters. The van der Waals surface area contributed by atoms with E-state index in [2.05, 4.69) is 15.4 Å². The molecule has 4 rings (SSSR count). The Kier molecular flexibility index (Phi) is 5.44. The summed E-state index contributed by atoms with van der Waals surface area (Å²) in [6, 6.07) is 19.3. The summed E-state index contributed by atoms with van der Waals surface area (Å²) in [5.41, 5.74) is 2.12. The molecule has 0 aliphatic carbocycles. The van der Waals surface area contributed by atoms with Gasteiger partial charge in [-0.1, -0.05) is 72.3 Å². The van der Waals surface area contributed by atoms with E-state index in [9.17, 15) is 4.79 Å². The molecule has 0 saturated carbocycles. The maximum absolute atomic E-state index is 12.8. The Morgan fingerprint density at radius 3 is 2.41 bits per heavy atom. The Morgan fingerprint density at radius 2 is 1.76 bits per heavy atom. The van der Waals surface area contributed by atoms with E-state index in [-0.39, 0.29) is 16.6 Å². The number of imidazole rings is 1. The molecule has 0 radical (unpaired) electrons. The number of hydrogen-bond acceptors (Lipinski definition) is 4. The summed E-state index contributed by atoms with van der Waals surface area (Å²) in [7, 11) is 1.93. The Morgan fingerprint density at radius 1 is 1.07 bits per heavy atom. The monoisotopic (exact) mass is 405 g/mol. The highest BCUT2D eigenvalue weighted by atomic mass is 35.5. The first-order valence-electron chi connectivity index (χ1n) is 9.21. The smallest absolute Gasteiger partial charge is 0.287 e. The van der Waals surface area contributed by atoms with Crippen LogP contribution in [0.3, 0.4) is 0 Å². The molecule has 0 unspecified atom stereocenters. The Bertz CT molecular complexity index is 1150. The Hall–Kier alpha value is -3.38. The van der Waals surface area contributed by atoms with Crippen LogP contribution in [-0.2, 0) is 13.6 Å². The summed E-state index contributed by atoms with van der Waals surface area (Å²) in [6.07, 6.45) is 5.21. The number of hydrogen-bond donors (Lipinski definition) is 1. The second kappa shape index (κ2) is 8.32. The number of halogens is 1. The molecule has 2 aromatic heterocycles. The van der Waals surface area contributed by atoms with Crippen molar-refractivity contribution in [1.29, 1.82) is 0 Å². The minimum absolute atomic E-state index is 0.103. The predicted octanol–water partition coefficient (Wildman–Crippen LogP) is 3.88. The lowest BCUT2D eigenvalue weighted by Crippen LogP contribution is -2.26. The van der Waals surface area contributed by atoms with Gasteiger partial charge in [0.25, 0.3) is 5.56 Å². The zero-order valence-electron chi connectivity index (χ0n) is 15.9. The molecule has 0 bridgehead atoms. The van der Waals surface area contributed by atoms with Crippen molar-refractivity contribution < 1.29 is 0 Å². The van der Waals surface area contributed by atoms with E-state index >= 15 is 0 Å². The topological polar surface area (TPSA) is 64.7 Å². The third-order valence-electron chi connectivity index (χ3n) is 4.71. The van der Waals surface area contributed by atoms with Crippen LogP contribution >= 0.6 is 11.6 Å². The van der Waals surface area contributed by atoms with E-state index in [1.165, 1.54) is 4.68 Å². The van der Waals surface area contributed by atoms with Gasteiger partial charge in [-0.25, -0.2) is 9.67 Å². The average Bonchev–Trinajstić information content (AvgIpc) is 3.18. The van der Waals surface area contributed by atoms with Gasteiger partial charge in [-0.2, -0.15) is 5.10 Å². The number of aromatic nitrogens is 4.